The zero-order chi connectivity index (χ0) is 20.6. The first kappa shape index (κ1) is 19.9. The maximum absolute atomic E-state index is 14.0. The molecule has 6 nitrogen and oxygen atoms in total. The summed E-state index contributed by atoms with van der Waals surface area (Å²) >= 11 is 0. The van der Waals surface area contributed by atoms with Gasteiger partial charge in [-0.3, -0.25) is 4.79 Å². The summed E-state index contributed by atoms with van der Waals surface area (Å²) in [5, 5.41) is 2.13. The van der Waals surface area contributed by atoms with Crippen molar-refractivity contribution in [1.29, 1.82) is 0 Å². The van der Waals surface area contributed by atoms with Crippen LogP contribution in [0.15, 0.2) is 27.5 Å². The van der Waals surface area contributed by atoms with Crippen molar-refractivity contribution in [2.24, 2.45) is 0 Å². The Kier molecular flexibility index (Phi) is 5.18. The van der Waals surface area contributed by atoms with Crippen LogP contribution in [0.25, 0.3) is 0 Å². The predicted octanol–water partition coefficient (Wildman–Crippen LogP) is 3.95. The summed E-state index contributed by atoms with van der Waals surface area (Å²) in [6, 6.07) is 1.35. The molecule has 0 spiro atoms. The Bertz CT molecular complexity index is 913. The molecule has 1 fully saturated rings. The number of benzene rings is 1. The first-order valence-corrected chi connectivity index (χ1v) is 8.21. The molecule has 0 radical (unpaired) electrons. The number of likely N-dealkylation sites (tertiary alicyclic amines) is 1. The molecule has 1 N–H and O–H groups in total. The number of piperidine rings is 1. The van der Waals surface area contributed by atoms with E-state index in [9.17, 15) is 31.5 Å². The number of nitrogens with zero attached hydrogens (tertiary/aromatic N) is 1. The number of hydrogen-bond acceptors (Lipinski definition) is 4. The molecule has 2 aromatic rings. The Morgan fingerprint density at radius 1 is 1.25 bits per heavy atom. The summed E-state index contributed by atoms with van der Waals surface area (Å²) < 4.78 is 76.2. The van der Waals surface area contributed by atoms with Gasteiger partial charge >= 0.3 is 12.3 Å². The van der Waals surface area contributed by atoms with Crippen molar-refractivity contribution in [3.63, 3.8) is 0 Å². The van der Waals surface area contributed by atoms with E-state index in [0.29, 0.717) is 18.6 Å². The van der Waals surface area contributed by atoms with E-state index in [0.717, 1.165) is 7.11 Å². The number of halogens is 5. The lowest BCUT2D eigenvalue weighted by Gasteiger charge is -2.38. The van der Waals surface area contributed by atoms with Crippen LogP contribution in [0.3, 0.4) is 0 Å². The maximum atomic E-state index is 14.0. The number of H-pyrrole nitrogens is 1. The van der Waals surface area contributed by atoms with Crippen molar-refractivity contribution in [1.82, 2.24) is 10.1 Å². The van der Waals surface area contributed by atoms with Crippen molar-refractivity contribution in [2.75, 3.05) is 13.7 Å². The summed E-state index contributed by atoms with van der Waals surface area (Å²) in [5.41, 5.74) is -2.63. The van der Waals surface area contributed by atoms with Crippen molar-refractivity contribution in [2.45, 2.75) is 31.0 Å². The number of rotatable bonds is 2. The minimum absolute atomic E-state index is 0.0696. The van der Waals surface area contributed by atoms with Gasteiger partial charge in [0, 0.05) is 18.5 Å². The highest BCUT2D eigenvalue weighted by molar-refractivity contribution is 5.68. The van der Waals surface area contributed by atoms with Gasteiger partial charge in [-0.2, -0.15) is 18.3 Å². The van der Waals surface area contributed by atoms with Crippen LogP contribution in [0.4, 0.5) is 26.7 Å². The second-order valence-corrected chi connectivity index (χ2v) is 6.37. The molecule has 1 aromatic heterocycles. The first-order valence-electron chi connectivity index (χ1n) is 8.21. The molecule has 1 aliphatic rings. The number of aromatic amines is 1. The van der Waals surface area contributed by atoms with Crippen LogP contribution >= 0.6 is 0 Å². The standard InChI is InChI=1S/C17H15F5N2O4/c1-27-16(26)24-3-2-8(13-7-14(25)23-28-13)6-12(24)9-4-10(18)15(11(19)5-9)17(20,21)22/h4-5,7-8,12H,2-3,6H2,1H3,(H,23,25)/t8-,12+/m0/s1. The number of amides is 1. The third-order valence-electron chi connectivity index (χ3n) is 4.69. The number of nitrogens with one attached hydrogen (secondary N) is 1. The first-order chi connectivity index (χ1) is 13.1. The van der Waals surface area contributed by atoms with Gasteiger partial charge in [0.1, 0.15) is 23.0 Å². The molecule has 152 valence electrons. The molecule has 3 rings (SSSR count). The van der Waals surface area contributed by atoms with Crippen LogP contribution < -0.4 is 5.56 Å². The lowest BCUT2D eigenvalue weighted by atomic mass is 9.85. The highest BCUT2D eigenvalue weighted by Crippen LogP contribution is 2.41. The fraction of sp³-hybridized carbons (Fsp3) is 0.412. The summed E-state index contributed by atoms with van der Waals surface area (Å²) in [5.74, 6) is -3.66. The highest BCUT2D eigenvalue weighted by Gasteiger charge is 2.40. The van der Waals surface area contributed by atoms with Gasteiger partial charge in [-0.05, 0) is 30.5 Å². The van der Waals surface area contributed by atoms with Crippen molar-refractivity contribution in [3.05, 3.63) is 57.1 Å². The normalized spacial score (nSPS) is 20.3. The minimum atomic E-state index is -5.20. The highest BCUT2D eigenvalue weighted by atomic mass is 19.4. The average Bonchev–Trinajstić information content (AvgIpc) is 3.05. The summed E-state index contributed by atoms with van der Waals surface area (Å²) in [6.07, 6.45) is -5.56. The van der Waals surface area contributed by atoms with Gasteiger partial charge in [-0.1, -0.05) is 0 Å². The lowest BCUT2D eigenvalue weighted by molar-refractivity contribution is -0.142. The fourth-order valence-electron chi connectivity index (χ4n) is 3.43. The summed E-state index contributed by atoms with van der Waals surface area (Å²) in [7, 11) is 1.12. The van der Waals surface area contributed by atoms with E-state index in [1.807, 2.05) is 0 Å². The zero-order valence-corrected chi connectivity index (χ0v) is 14.5. The number of carbonyl (C=O) groups excluding carboxylic acids is 1. The molecular formula is C17H15F5N2O4. The summed E-state index contributed by atoms with van der Waals surface area (Å²) in [4.78, 5) is 24.5. The largest absolute Gasteiger partial charge is 0.453 e. The van der Waals surface area contributed by atoms with Gasteiger partial charge in [-0.25, -0.2) is 13.6 Å². The number of ether oxygens (including phenoxy) is 1. The third-order valence-corrected chi connectivity index (χ3v) is 4.69. The zero-order valence-electron chi connectivity index (χ0n) is 14.5. The van der Waals surface area contributed by atoms with Gasteiger partial charge in [-0.15, -0.1) is 0 Å². The van der Waals surface area contributed by atoms with Crippen molar-refractivity contribution in [3.8, 4) is 0 Å². The lowest BCUT2D eigenvalue weighted by Crippen LogP contribution is -2.40. The second-order valence-electron chi connectivity index (χ2n) is 6.37. The molecule has 0 bridgehead atoms. The SMILES string of the molecule is COC(=O)N1CC[C@H](c2cc(=O)[nH]o2)C[C@@H]1c1cc(F)c(C(F)(F)F)c(F)c1. The van der Waals surface area contributed by atoms with Crippen molar-refractivity contribution < 1.29 is 36.0 Å². The van der Waals surface area contributed by atoms with Crippen molar-refractivity contribution >= 4 is 6.09 Å². The predicted molar refractivity (Wildman–Crippen MR) is 84.5 cm³/mol. The Labute approximate surface area is 154 Å². The van der Waals surface area contributed by atoms with Crippen LogP contribution in [0.2, 0.25) is 0 Å². The van der Waals surface area contributed by atoms with Crippen LogP contribution in [-0.4, -0.2) is 29.8 Å². The summed E-state index contributed by atoms with van der Waals surface area (Å²) in [6.45, 7) is 0.0845. The van der Waals surface area contributed by atoms with Crippen LogP contribution in [-0.2, 0) is 10.9 Å². The smallest absolute Gasteiger partial charge is 0.422 e. The molecule has 0 saturated carbocycles. The number of hydrogen-bond donors (Lipinski definition) is 1. The quantitative estimate of drug-likeness (QED) is 0.767. The van der Waals surface area contributed by atoms with E-state index < -0.39 is 47.0 Å². The van der Waals surface area contributed by atoms with E-state index in [4.69, 9.17) is 4.52 Å². The molecule has 0 aliphatic carbocycles. The van der Waals surface area contributed by atoms with E-state index in [1.165, 1.54) is 11.0 Å². The average molecular weight is 406 g/mol. The van der Waals surface area contributed by atoms with E-state index in [2.05, 4.69) is 9.89 Å². The molecule has 2 heterocycles. The van der Waals surface area contributed by atoms with Crippen LogP contribution in [0.5, 0.6) is 0 Å². The van der Waals surface area contributed by atoms with E-state index >= 15 is 0 Å². The van der Waals surface area contributed by atoms with E-state index in [1.54, 1.807) is 0 Å². The Balaban J connectivity index is 2.01. The molecule has 1 amide bonds. The van der Waals surface area contributed by atoms with E-state index in [-0.39, 0.29) is 24.3 Å². The Morgan fingerprint density at radius 3 is 2.39 bits per heavy atom. The fourth-order valence-corrected chi connectivity index (χ4v) is 3.43. The van der Waals surface area contributed by atoms with Crippen LogP contribution in [0.1, 0.15) is 41.7 Å². The number of aromatic nitrogens is 1. The molecule has 0 unspecified atom stereocenters. The van der Waals surface area contributed by atoms with Gasteiger partial charge in [0.05, 0.1) is 13.2 Å². The van der Waals surface area contributed by atoms with Gasteiger partial charge in [0.2, 0.25) is 0 Å². The molecular weight excluding hydrogens is 391 g/mol. The van der Waals surface area contributed by atoms with Gasteiger partial charge in [0.15, 0.2) is 0 Å². The molecule has 28 heavy (non-hydrogen) atoms. The molecule has 1 aromatic carbocycles. The minimum Gasteiger partial charge on any atom is -0.453 e. The molecule has 1 aliphatic heterocycles. The Morgan fingerprint density at radius 2 is 1.89 bits per heavy atom. The maximum Gasteiger partial charge on any atom is 0.422 e. The topological polar surface area (TPSA) is 75.5 Å². The number of methoxy groups -OCH3 is 1. The second kappa shape index (κ2) is 7.28. The number of carbonyl (C=O) groups is 1. The molecule has 11 heteroatoms. The Hall–Kier alpha value is -2.85. The molecule has 2 atom stereocenters. The van der Waals surface area contributed by atoms with Gasteiger partial charge in [0.25, 0.3) is 5.56 Å². The molecule has 1 saturated heterocycles. The third kappa shape index (κ3) is 3.73. The van der Waals surface area contributed by atoms with Gasteiger partial charge < -0.3 is 14.2 Å². The number of alkyl halides is 3. The van der Waals surface area contributed by atoms with Crippen LogP contribution in [0, 0.1) is 11.6 Å². The monoisotopic (exact) mass is 406 g/mol.